The number of carbonyl (C=O) groups excluding carboxylic acids is 2. The van der Waals surface area contributed by atoms with Crippen LogP contribution in [0.5, 0.6) is 0 Å². The van der Waals surface area contributed by atoms with Crippen LogP contribution in [0.25, 0.3) is 6.08 Å². The highest BCUT2D eigenvalue weighted by molar-refractivity contribution is 6.03. The number of carbonyl (C=O) groups is 3. The number of esters is 1. The van der Waals surface area contributed by atoms with Gasteiger partial charge in [0.05, 0.1) is 0 Å². The summed E-state index contributed by atoms with van der Waals surface area (Å²) in [6, 6.07) is 26.1. The third kappa shape index (κ3) is 6.40. The number of benzene rings is 3. The topological polar surface area (TPSA) is 92.7 Å². The van der Waals surface area contributed by atoms with Gasteiger partial charge in [-0.15, -0.1) is 0 Å². The minimum absolute atomic E-state index is 0.00711. The summed E-state index contributed by atoms with van der Waals surface area (Å²) in [6.07, 6.45) is 0.0558. The van der Waals surface area contributed by atoms with Crippen molar-refractivity contribution in [1.82, 2.24) is 5.32 Å². The molecule has 0 aliphatic rings. The molecule has 1 amide bonds. The van der Waals surface area contributed by atoms with Gasteiger partial charge in [-0.25, -0.2) is 9.59 Å². The SMILES string of the molecule is O=C(OC(Cc1ccccc1)C(=O)O)C(=Cc1ccccc1)NC(=O)c1ccccc1. The third-order valence-electron chi connectivity index (χ3n) is 4.40. The molecule has 156 valence electrons. The lowest BCUT2D eigenvalue weighted by Gasteiger charge is -2.16. The Morgan fingerprint density at radius 1 is 0.839 bits per heavy atom. The first-order valence-corrected chi connectivity index (χ1v) is 9.64. The van der Waals surface area contributed by atoms with Gasteiger partial charge in [0.15, 0.2) is 0 Å². The average Bonchev–Trinajstić information content (AvgIpc) is 2.80. The monoisotopic (exact) mass is 415 g/mol. The molecule has 31 heavy (non-hydrogen) atoms. The zero-order chi connectivity index (χ0) is 22.1. The molecule has 0 fully saturated rings. The van der Waals surface area contributed by atoms with Crippen LogP contribution in [0.1, 0.15) is 21.5 Å². The van der Waals surface area contributed by atoms with Crippen molar-refractivity contribution in [2.45, 2.75) is 12.5 Å². The van der Waals surface area contributed by atoms with E-state index in [0.717, 1.165) is 0 Å². The second kappa shape index (κ2) is 10.5. The van der Waals surface area contributed by atoms with Crippen molar-refractivity contribution in [2.75, 3.05) is 0 Å². The first kappa shape index (κ1) is 21.5. The first-order chi connectivity index (χ1) is 15.0. The summed E-state index contributed by atoms with van der Waals surface area (Å²) < 4.78 is 5.27. The van der Waals surface area contributed by atoms with Gasteiger partial charge in [0.25, 0.3) is 5.91 Å². The van der Waals surface area contributed by atoms with Crippen LogP contribution in [0.15, 0.2) is 96.7 Å². The number of carboxylic acids is 1. The normalized spacial score (nSPS) is 11.9. The molecule has 3 aromatic carbocycles. The third-order valence-corrected chi connectivity index (χ3v) is 4.40. The molecular weight excluding hydrogens is 394 g/mol. The van der Waals surface area contributed by atoms with E-state index in [4.69, 9.17) is 4.74 Å². The molecule has 1 atom stereocenters. The summed E-state index contributed by atoms with van der Waals surface area (Å²) in [4.78, 5) is 37.1. The lowest BCUT2D eigenvalue weighted by atomic mass is 10.1. The van der Waals surface area contributed by atoms with E-state index in [1.165, 1.54) is 6.08 Å². The smallest absolute Gasteiger partial charge is 0.355 e. The lowest BCUT2D eigenvalue weighted by molar-refractivity contribution is -0.161. The highest BCUT2D eigenvalue weighted by atomic mass is 16.6. The van der Waals surface area contributed by atoms with Gasteiger partial charge in [-0.3, -0.25) is 4.79 Å². The maximum absolute atomic E-state index is 12.9. The summed E-state index contributed by atoms with van der Waals surface area (Å²) in [5, 5.41) is 12.1. The van der Waals surface area contributed by atoms with Crippen LogP contribution in [-0.4, -0.2) is 29.1 Å². The fourth-order valence-corrected chi connectivity index (χ4v) is 2.85. The summed E-state index contributed by atoms with van der Waals surface area (Å²) in [5.74, 6) is -2.71. The van der Waals surface area contributed by atoms with Crippen molar-refractivity contribution in [3.8, 4) is 0 Å². The molecule has 0 radical (unpaired) electrons. The fourth-order valence-electron chi connectivity index (χ4n) is 2.85. The van der Waals surface area contributed by atoms with Gasteiger partial charge in [0.1, 0.15) is 5.70 Å². The van der Waals surface area contributed by atoms with E-state index < -0.39 is 23.9 Å². The molecule has 6 heteroatoms. The molecule has 0 bridgehead atoms. The summed E-state index contributed by atoms with van der Waals surface area (Å²) in [5.41, 5.74) is 1.56. The molecule has 6 nitrogen and oxygen atoms in total. The van der Waals surface area contributed by atoms with Crippen LogP contribution in [0.2, 0.25) is 0 Å². The Morgan fingerprint density at radius 2 is 1.39 bits per heavy atom. The van der Waals surface area contributed by atoms with Crippen LogP contribution in [0, 0.1) is 0 Å². The van der Waals surface area contributed by atoms with E-state index in [2.05, 4.69) is 5.32 Å². The molecule has 0 aliphatic heterocycles. The summed E-state index contributed by atoms with van der Waals surface area (Å²) in [6.45, 7) is 0. The molecule has 3 aromatic rings. The minimum Gasteiger partial charge on any atom is -0.478 e. The molecule has 0 saturated heterocycles. The van der Waals surface area contributed by atoms with E-state index in [0.29, 0.717) is 16.7 Å². The number of amides is 1. The predicted molar refractivity (Wildman–Crippen MR) is 116 cm³/mol. The van der Waals surface area contributed by atoms with Crippen LogP contribution >= 0.6 is 0 Å². The zero-order valence-electron chi connectivity index (χ0n) is 16.6. The van der Waals surface area contributed by atoms with Crippen molar-refractivity contribution in [1.29, 1.82) is 0 Å². The Morgan fingerprint density at radius 3 is 1.97 bits per heavy atom. The van der Waals surface area contributed by atoms with Crippen LogP contribution in [0.3, 0.4) is 0 Å². The molecule has 0 heterocycles. The first-order valence-electron chi connectivity index (χ1n) is 9.64. The van der Waals surface area contributed by atoms with Crippen LogP contribution in [0.4, 0.5) is 0 Å². The number of hydrogen-bond acceptors (Lipinski definition) is 4. The molecule has 1 unspecified atom stereocenters. The molecule has 2 N–H and O–H groups in total. The summed E-state index contributed by atoms with van der Waals surface area (Å²) in [7, 11) is 0. The van der Waals surface area contributed by atoms with Crippen LogP contribution < -0.4 is 5.32 Å². The fraction of sp³-hybridized carbons (Fsp3) is 0.0800. The van der Waals surface area contributed by atoms with Crippen molar-refractivity contribution in [2.24, 2.45) is 0 Å². The van der Waals surface area contributed by atoms with Crippen molar-refractivity contribution in [3.63, 3.8) is 0 Å². The quantitative estimate of drug-likeness (QED) is 0.432. The second-order valence-electron chi connectivity index (χ2n) is 6.71. The Hall–Kier alpha value is -4.19. The van der Waals surface area contributed by atoms with Gasteiger partial charge in [0, 0.05) is 12.0 Å². The number of aliphatic carboxylic acids is 1. The minimum atomic E-state index is -1.40. The van der Waals surface area contributed by atoms with Gasteiger partial charge in [-0.1, -0.05) is 78.9 Å². The molecule has 0 saturated carbocycles. The van der Waals surface area contributed by atoms with Crippen molar-refractivity contribution in [3.05, 3.63) is 113 Å². The van der Waals surface area contributed by atoms with Gasteiger partial charge in [0.2, 0.25) is 6.10 Å². The number of nitrogens with one attached hydrogen (secondary N) is 1. The Balaban J connectivity index is 1.83. The number of ether oxygens (including phenoxy) is 1. The standard InChI is InChI=1S/C25H21NO5/c27-23(20-14-8-3-9-15-20)26-21(16-18-10-4-1-5-11-18)25(30)31-22(24(28)29)17-19-12-6-2-7-13-19/h1-16,22H,17H2,(H,26,27)(H,28,29). The molecule has 0 spiro atoms. The molecule has 0 aliphatic carbocycles. The summed E-state index contributed by atoms with van der Waals surface area (Å²) >= 11 is 0. The van der Waals surface area contributed by atoms with Gasteiger partial charge in [-0.05, 0) is 29.3 Å². The number of hydrogen-bond donors (Lipinski definition) is 2. The lowest BCUT2D eigenvalue weighted by Crippen LogP contribution is -2.34. The predicted octanol–water partition coefficient (Wildman–Crippen LogP) is 3.70. The van der Waals surface area contributed by atoms with E-state index in [1.807, 2.05) is 12.1 Å². The van der Waals surface area contributed by atoms with E-state index in [-0.39, 0.29) is 12.1 Å². The maximum atomic E-state index is 12.9. The van der Waals surface area contributed by atoms with Crippen molar-refractivity contribution >= 4 is 23.9 Å². The average molecular weight is 415 g/mol. The number of carboxylic acid groups (broad SMARTS) is 1. The highest BCUT2D eigenvalue weighted by Crippen LogP contribution is 2.12. The zero-order valence-corrected chi connectivity index (χ0v) is 16.6. The molecular formula is C25H21NO5. The van der Waals surface area contributed by atoms with Crippen LogP contribution in [-0.2, 0) is 20.7 Å². The Bertz CT molecular complexity index is 1060. The highest BCUT2D eigenvalue weighted by Gasteiger charge is 2.25. The number of rotatable bonds is 8. The van der Waals surface area contributed by atoms with Gasteiger partial charge >= 0.3 is 11.9 Å². The second-order valence-corrected chi connectivity index (χ2v) is 6.71. The van der Waals surface area contributed by atoms with E-state index in [9.17, 15) is 19.5 Å². The van der Waals surface area contributed by atoms with E-state index in [1.54, 1.807) is 78.9 Å². The van der Waals surface area contributed by atoms with Crippen molar-refractivity contribution < 1.29 is 24.2 Å². The van der Waals surface area contributed by atoms with Gasteiger partial charge < -0.3 is 15.2 Å². The van der Waals surface area contributed by atoms with Gasteiger partial charge in [-0.2, -0.15) is 0 Å². The molecule has 0 aromatic heterocycles. The maximum Gasteiger partial charge on any atom is 0.355 e. The largest absolute Gasteiger partial charge is 0.478 e. The van der Waals surface area contributed by atoms with E-state index >= 15 is 0 Å². The Kier molecular flexibility index (Phi) is 7.32. The molecule has 3 rings (SSSR count). The Labute approximate surface area is 179 Å².